The van der Waals surface area contributed by atoms with E-state index < -0.39 is 0 Å². The third-order valence-electron chi connectivity index (χ3n) is 4.89. The number of nitrogens with zero attached hydrogens (tertiary/aromatic N) is 2. The zero-order chi connectivity index (χ0) is 17.5. The van der Waals surface area contributed by atoms with E-state index in [1.807, 2.05) is 7.05 Å². The maximum absolute atomic E-state index is 4.36. The minimum Gasteiger partial charge on any atom is -0.355 e. The van der Waals surface area contributed by atoms with Gasteiger partial charge in [-0.15, -0.1) is 11.3 Å². The molecule has 5 heteroatoms. The molecule has 1 aliphatic rings. The first-order chi connectivity index (χ1) is 12.3. The van der Waals surface area contributed by atoms with Gasteiger partial charge in [0, 0.05) is 37.6 Å². The summed E-state index contributed by atoms with van der Waals surface area (Å²) >= 11 is 1.77. The Labute approximate surface area is 155 Å². The van der Waals surface area contributed by atoms with Crippen molar-refractivity contribution in [1.82, 2.24) is 15.5 Å². The monoisotopic (exact) mass is 356 g/mol. The number of nitrogens with one attached hydrogen (secondary N) is 2. The second-order valence-corrected chi connectivity index (χ2v) is 7.47. The fraction of sp³-hybridized carbons (Fsp3) is 0.450. The molecule has 0 saturated heterocycles. The molecule has 1 aromatic carbocycles. The lowest BCUT2D eigenvalue weighted by Gasteiger charge is -2.35. The highest BCUT2D eigenvalue weighted by molar-refractivity contribution is 7.09. The van der Waals surface area contributed by atoms with Crippen LogP contribution in [0.2, 0.25) is 0 Å². The number of aliphatic imine (C=N–C) groups is 1. The molecule has 4 nitrogen and oxygen atoms in total. The van der Waals surface area contributed by atoms with E-state index in [9.17, 15) is 0 Å². The van der Waals surface area contributed by atoms with E-state index in [2.05, 4.69) is 69.2 Å². The van der Waals surface area contributed by atoms with Gasteiger partial charge < -0.3 is 10.6 Å². The van der Waals surface area contributed by atoms with Gasteiger partial charge in [-0.3, -0.25) is 9.89 Å². The largest absolute Gasteiger partial charge is 0.355 e. The minimum atomic E-state index is 0.522. The fourth-order valence-corrected chi connectivity index (χ4v) is 4.02. The molecule has 2 aromatic rings. The van der Waals surface area contributed by atoms with Crippen LogP contribution in [0.3, 0.4) is 0 Å². The van der Waals surface area contributed by atoms with Crippen molar-refractivity contribution in [2.45, 2.75) is 38.9 Å². The SMILES string of the molecule is CCC(CNC(=NC)NCc1cccs1)N1CCc2ccccc2C1. The zero-order valence-corrected chi connectivity index (χ0v) is 16.0. The Balaban J connectivity index is 1.51. The first kappa shape index (κ1) is 18.0. The van der Waals surface area contributed by atoms with Crippen molar-refractivity contribution >= 4 is 17.3 Å². The zero-order valence-electron chi connectivity index (χ0n) is 15.2. The Bertz CT molecular complexity index is 681. The smallest absolute Gasteiger partial charge is 0.191 e. The quantitative estimate of drug-likeness (QED) is 0.616. The van der Waals surface area contributed by atoms with Gasteiger partial charge in [-0.25, -0.2) is 0 Å². The Hall–Kier alpha value is -1.85. The van der Waals surface area contributed by atoms with Gasteiger partial charge in [0.1, 0.15) is 0 Å². The second-order valence-electron chi connectivity index (χ2n) is 6.44. The number of thiophene rings is 1. The second kappa shape index (κ2) is 9.02. The number of hydrogen-bond donors (Lipinski definition) is 2. The van der Waals surface area contributed by atoms with Gasteiger partial charge in [-0.1, -0.05) is 37.3 Å². The van der Waals surface area contributed by atoms with Crippen LogP contribution in [-0.4, -0.2) is 37.0 Å². The molecule has 1 unspecified atom stereocenters. The van der Waals surface area contributed by atoms with E-state index in [4.69, 9.17) is 0 Å². The molecule has 0 bridgehead atoms. The van der Waals surface area contributed by atoms with Crippen molar-refractivity contribution in [3.8, 4) is 0 Å². The van der Waals surface area contributed by atoms with Crippen molar-refractivity contribution in [3.05, 3.63) is 57.8 Å². The van der Waals surface area contributed by atoms with Crippen LogP contribution in [-0.2, 0) is 19.5 Å². The normalized spacial score (nSPS) is 16.3. The first-order valence-corrected chi connectivity index (χ1v) is 9.96. The summed E-state index contributed by atoms with van der Waals surface area (Å²) in [4.78, 5) is 8.28. The number of guanidine groups is 1. The van der Waals surface area contributed by atoms with E-state index in [-0.39, 0.29) is 0 Å². The molecule has 2 heterocycles. The molecular formula is C20H28N4S. The summed E-state index contributed by atoms with van der Waals surface area (Å²) in [5, 5.41) is 9.01. The molecule has 0 radical (unpaired) electrons. The third kappa shape index (κ3) is 4.83. The lowest BCUT2D eigenvalue weighted by Crippen LogP contribution is -2.48. The maximum Gasteiger partial charge on any atom is 0.191 e. The average Bonchev–Trinajstić information content (AvgIpc) is 3.18. The Morgan fingerprint density at radius 2 is 2.04 bits per heavy atom. The number of rotatable bonds is 6. The van der Waals surface area contributed by atoms with E-state index in [1.165, 1.54) is 16.0 Å². The summed E-state index contributed by atoms with van der Waals surface area (Å²) in [6.07, 6.45) is 2.29. The lowest BCUT2D eigenvalue weighted by molar-refractivity contribution is 0.174. The Morgan fingerprint density at radius 3 is 2.76 bits per heavy atom. The Kier molecular flexibility index (Phi) is 6.48. The van der Waals surface area contributed by atoms with Crippen LogP contribution < -0.4 is 10.6 Å². The molecule has 1 atom stereocenters. The van der Waals surface area contributed by atoms with Gasteiger partial charge in [0.25, 0.3) is 0 Å². The molecule has 0 amide bonds. The van der Waals surface area contributed by atoms with Crippen LogP contribution in [0.15, 0.2) is 46.8 Å². The highest BCUT2D eigenvalue weighted by atomic mass is 32.1. The van der Waals surface area contributed by atoms with Gasteiger partial charge in [0.2, 0.25) is 0 Å². The molecule has 0 fully saturated rings. The first-order valence-electron chi connectivity index (χ1n) is 9.08. The average molecular weight is 357 g/mol. The molecule has 3 rings (SSSR count). The van der Waals surface area contributed by atoms with E-state index >= 15 is 0 Å². The van der Waals surface area contributed by atoms with Crippen molar-refractivity contribution in [2.24, 2.45) is 4.99 Å². The molecule has 2 N–H and O–H groups in total. The van der Waals surface area contributed by atoms with Gasteiger partial charge in [0.05, 0.1) is 6.54 Å². The molecule has 25 heavy (non-hydrogen) atoms. The summed E-state index contributed by atoms with van der Waals surface area (Å²) in [5.41, 5.74) is 2.99. The summed E-state index contributed by atoms with van der Waals surface area (Å²) in [6.45, 7) is 6.21. The molecule has 0 spiro atoms. The fourth-order valence-electron chi connectivity index (χ4n) is 3.38. The minimum absolute atomic E-state index is 0.522. The van der Waals surface area contributed by atoms with Crippen molar-refractivity contribution in [2.75, 3.05) is 20.1 Å². The molecular weight excluding hydrogens is 328 g/mol. The van der Waals surface area contributed by atoms with E-state index in [0.29, 0.717) is 6.04 Å². The maximum atomic E-state index is 4.36. The highest BCUT2D eigenvalue weighted by Crippen LogP contribution is 2.21. The topological polar surface area (TPSA) is 39.7 Å². The van der Waals surface area contributed by atoms with Gasteiger partial charge in [-0.05, 0) is 35.4 Å². The highest BCUT2D eigenvalue weighted by Gasteiger charge is 2.22. The number of fused-ring (bicyclic) bond motifs is 1. The van der Waals surface area contributed by atoms with Crippen LogP contribution >= 0.6 is 11.3 Å². The Morgan fingerprint density at radius 1 is 1.20 bits per heavy atom. The van der Waals surface area contributed by atoms with Crippen LogP contribution in [0.5, 0.6) is 0 Å². The van der Waals surface area contributed by atoms with Gasteiger partial charge in [0.15, 0.2) is 5.96 Å². The van der Waals surface area contributed by atoms with Crippen LogP contribution in [0.1, 0.15) is 29.3 Å². The van der Waals surface area contributed by atoms with Crippen LogP contribution in [0.4, 0.5) is 0 Å². The van der Waals surface area contributed by atoms with Gasteiger partial charge in [-0.2, -0.15) is 0 Å². The molecule has 134 valence electrons. The van der Waals surface area contributed by atoms with E-state index in [0.717, 1.165) is 45.0 Å². The van der Waals surface area contributed by atoms with Crippen molar-refractivity contribution in [1.29, 1.82) is 0 Å². The molecule has 0 saturated carbocycles. The summed E-state index contributed by atoms with van der Waals surface area (Å²) in [7, 11) is 1.84. The molecule has 0 aliphatic carbocycles. The molecule has 1 aliphatic heterocycles. The van der Waals surface area contributed by atoms with E-state index in [1.54, 1.807) is 11.3 Å². The third-order valence-corrected chi connectivity index (χ3v) is 5.76. The van der Waals surface area contributed by atoms with Crippen LogP contribution in [0, 0.1) is 0 Å². The summed E-state index contributed by atoms with van der Waals surface area (Å²) < 4.78 is 0. The summed E-state index contributed by atoms with van der Waals surface area (Å²) in [6, 6.07) is 13.6. The summed E-state index contributed by atoms with van der Waals surface area (Å²) in [5.74, 6) is 0.879. The van der Waals surface area contributed by atoms with Crippen LogP contribution in [0.25, 0.3) is 0 Å². The van der Waals surface area contributed by atoms with Crippen molar-refractivity contribution < 1.29 is 0 Å². The number of benzene rings is 1. The molecule has 1 aromatic heterocycles. The van der Waals surface area contributed by atoms with Gasteiger partial charge >= 0.3 is 0 Å². The number of hydrogen-bond acceptors (Lipinski definition) is 3. The predicted molar refractivity (Wildman–Crippen MR) is 107 cm³/mol. The standard InChI is InChI=1S/C20H28N4S/c1-3-18(24-11-10-16-7-4-5-8-17(16)15-24)13-22-20(21-2)23-14-19-9-6-12-25-19/h4-9,12,18H,3,10-11,13-15H2,1-2H3,(H2,21,22,23). The van der Waals surface area contributed by atoms with Crippen molar-refractivity contribution in [3.63, 3.8) is 0 Å². The predicted octanol–water partition coefficient (Wildman–Crippen LogP) is 3.25. The lowest BCUT2D eigenvalue weighted by atomic mass is 9.98.